The van der Waals surface area contributed by atoms with Gasteiger partial charge in [0.05, 0.1) is 23.7 Å². The third kappa shape index (κ3) is 3.45. The first-order valence-electron chi connectivity index (χ1n) is 9.94. The summed E-state index contributed by atoms with van der Waals surface area (Å²) in [6.45, 7) is 3.90. The molecule has 3 aromatic rings. The fourth-order valence-electron chi connectivity index (χ4n) is 3.97. The van der Waals surface area contributed by atoms with Crippen LogP contribution < -0.4 is 14.7 Å². The number of carbonyl (C=O) groups excluding carboxylic acids is 2. The molecule has 0 bridgehead atoms. The van der Waals surface area contributed by atoms with Crippen molar-refractivity contribution in [2.45, 2.75) is 19.9 Å². The molecule has 0 N–H and O–H groups in total. The summed E-state index contributed by atoms with van der Waals surface area (Å²) in [7, 11) is 4.00. The number of carbonyl (C=O) groups is 2. The van der Waals surface area contributed by atoms with Gasteiger partial charge in [0, 0.05) is 33.3 Å². The predicted molar refractivity (Wildman–Crippen MR) is 119 cm³/mol. The molecule has 0 saturated carbocycles. The number of nitrogens with zero attached hydrogens (tertiary/aromatic N) is 3. The lowest BCUT2D eigenvalue weighted by Gasteiger charge is -2.40. The van der Waals surface area contributed by atoms with Crippen molar-refractivity contribution in [1.82, 2.24) is 0 Å². The van der Waals surface area contributed by atoms with Crippen LogP contribution in [-0.2, 0) is 4.79 Å². The highest BCUT2D eigenvalue weighted by Crippen LogP contribution is 2.40. The van der Waals surface area contributed by atoms with Crippen LogP contribution in [-0.4, -0.2) is 38.5 Å². The second-order valence-electron chi connectivity index (χ2n) is 7.78. The highest BCUT2D eigenvalue weighted by molar-refractivity contribution is 6.10. The van der Waals surface area contributed by atoms with E-state index < -0.39 is 0 Å². The molecule has 0 radical (unpaired) electrons. The van der Waals surface area contributed by atoms with Gasteiger partial charge in [0.1, 0.15) is 0 Å². The first kappa shape index (κ1) is 19.8. The van der Waals surface area contributed by atoms with Gasteiger partial charge in [0.15, 0.2) is 5.76 Å². The Morgan fingerprint density at radius 2 is 1.77 bits per heavy atom. The molecule has 30 heavy (non-hydrogen) atoms. The summed E-state index contributed by atoms with van der Waals surface area (Å²) in [5.74, 6) is 0.0242. The lowest BCUT2D eigenvalue weighted by atomic mass is 10.00. The van der Waals surface area contributed by atoms with Crippen molar-refractivity contribution in [1.29, 1.82) is 0 Å². The summed E-state index contributed by atoms with van der Waals surface area (Å²) < 4.78 is 5.35. The van der Waals surface area contributed by atoms with Crippen LogP contribution in [0.1, 0.15) is 24.4 Å². The fraction of sp³-hybridized carbons (Fsp3) is 0.250. The summed E-state index contributed by atoms with van der Waals surface area (Å²) in [6, 6.07) is 17.3. The van der Waals surface area contributed by atoms with E-state index in [0.29, 0.717) is 12.2 Å². The molecule has 6 heteroatoms. The Balaban J connectivity index is 1.84. The quantitative estimate of drug-likeness (QED) is 0.650. The number of furan rings is 1. The Morgan fingerprint density at radius 1 is 1.00 bits per heavy atom. The van der Waals surface area contributed by atoms with Crippen molar-refractivity contribution in [3.8, 4) is 11.1 Å². The minimum Gasteiger partial charge on any atom is -0.459 e. The molecule has 1 aliphatic rings. The minimum absolute atomic E-state index is 0.0452. The van der Waals surface area contributed by atoms with Crippen LogP contribution in [0, 0.1) is 0 Å². The highest BCUT2D eigenvalue weighted by atomic mass is 16.3. The molecule has 4 rings (SSSR count). The molecule has 2 heterocycles. The first-order valence-corrected chi connectivity index (χ1v) is 9.94. The summed E-state index contributed by atoms with van der Waals surface area (Å²) in [6.07, 6.45) is 1.49. The number of hydrogen-bond donors (Lipinski definition) is 0. The maximum absolute atomic E-state index is 13.2. The zero-order valence-electron chi connectivity index (χ0n) is 17.6. The van der Waals surface area contributed by atoms with Gasteiger partial charge in [-0.25, -0.2) is 0 Å². The Labute approximate surface area is 176 Å². The van der Waals surface area contributed by atoms with E-state index in [1.54, 1.807) is 28.9 Å². The number of hydrogen-bond acceptors (Lipinski definition) is 4. The van der Waals surface area contributed by atoms with Crippen LogP contribution in [0.4, 0.5) is 17.1 Å². The minimum atomic E-state index is -0.213. The third-order valence-electron chi connectivity index (χ3n) is 5.43. The topological polar surface area (TPSA) is 57.0 Å². The summed E-state index contributed by atoms with van der Waals surface area (Å²) in [5.41, 5.74) is 4.55. The smallest absolute Gasteiger partial charge is 0.294 e. The molecule has 1 aliphatic heterocycles. The number of anilines is 3. The van der Waals surface area contributed by atoms with Crippen LogP contribution in [0.3, 0.4) is 0 Å². The van der Waals surface area contributed by atoms with E-state index in [9.17, 15) is 9.59 Å². The van der Waals surface area contributed by atoms with Crippen LogP contribution in [0.15, 0.2) is 65.3 Å². The van der Waals surface area contributed by atoms with Crippen molar-refractivity contribution < 1.29 is 14.0 Å². The van der Waals surface area contributed by atoms with Crippen molar-refractivity contribution in [2.24, 2.45) is 0 Å². The van der Waals surface area contributed by atoms with Crippen molar-refractivity contribution in [3.05, 3.63) is 66.6 Å². The Hall–Kier alpha value is -3.54. The second kappa shape index (κ2) is 7.71. The molecular weight excluding hydrogens is 378 g/mol. The number of fused-ring (bicyclic) bond motifs is 1. The maximum Gasteiger partial charge on any atom is 0.294 e. The molecule has 2 aromatic carbocycles. The summed E-state index contributed by atoms with van der Waals surface area (Å²) in [5, 5.41) is 0. The second-order valence-corrected chi connectivity index (χ2v) is 7.78. The molecule has 1 aromatic heterocycles. The fourth-order valence-corrected chi connectivity index (χ4v) is 3.97. The zero-order valence-corrected chi connectivity index (χ0v) is 17.6. The zero-order chi connectivity index (χ0) is 21.4. The van der Waals surface area contributed by atoms with E-state index in [1.807, 2.05) is 62.3 Å². The van der Waals surface area contributed by atoms with Crippen LogP contribution in [0.5, 0.6) is 0 Å². The van der Waals surface area contributed by atoms with Crippen molar-refractivity contribution >= 4 is 28.9 Å². The molecule has 0 fully saturated rings. The van der Waals surface area contributed by atoms with Gasteiger partial charge in [-0.15, -0.1) is 0 Å². The van der Waals surface area contributed by atoms with Gasteiger partial charge in [0.25, 0.3) is 5.91 Å². The molecule has 0 aliphatic carbocycles. The molecule has 0 saturated heterocycles. The van der Waals surface area contributed by atoms with Gasteiger partial charge in [0.2, 0.25) is 5.91 Å². The van der Waals surface area contributed by atoms with Gasteiger partial charge < -0.3 is 19.1 Å². The van der Waals surface area contributed by atoms with Gasteiger partial charge in [-0.1, -0.05) is 18.2 Å². The molecule has 6 nitrogen and oxygen atoms in total. The maximum atomic E-state index is 13.2. The van der Waals surface area contributed by atoms with Crippen molar-refractivity contribution in [2.75, 3.05) is 35.3 Å². The Kier molecular flexibility index (Phi) is 5.08. The first-order chi connectivity index (χ1) is 14.4. The monoisotopic (exact) mass is 403 g/mol. The average Bonchev–Trinajstić information content (AvgIpc) is 3.27. The lowest BCUT2D eigenvalue weighted by Crippen LogP contribution is -2.51. The highest BCUT2D eigenvalue weighted by Gasteiger charge is 2.34. The Bertz CT molecular complexity index is 1090. The lowest BCUT2D eigenvalue weighted by molar-refractivity contribution is -0.117. The predicted octanol–water partition coefficient (Wildman–Crippen LogP) is 4.41. The van der Waals surface area contributed by atoms with Crippen LogP contribution in [0.25, 0.3) is 11.1 Å². The Morgan fingerprint density at radius 3 is 2.43 bits per heavy atom. The molecule has 0 unspecified atom stereocenters. The molecule has 0 spiro atoms. The number of amides is 2. The normalized spacial score (nSPS) is 15.7. The largest absolute Gasteiger partial charge is 0.459 e. The average molecular weight is 403 g/mol. The van der Waals surface area contributed by atoms with E-state index in [1.165, 1.54) is 6.26 Å². The van der Waals surface area contributed by atoms with Gasteiger partial charge >= 0.3 is 0 Å². The standard InChI is InChI=1S/C24H25N3O3/c1-16-15-26(24(29)23-9-6-12-30-23)22-14-19(10-11-21(22)27(16)17(2)28)18-7-5-8-20(13-18)25(3)4/h5-14,16H,15H2,1-4H3/t16-/m0/s1. The van der Waals surface area contributed by atoms with E-state index >= 15 is 0 Å². The van der Waals surface area contributed by atoms with E-state index in [4.69, 9.17) is 4.42 Å². The van der Waals surface area contributed by atoms with E-state index in [0.717, 1.165) is 22.5 Å². The van der Waals surface area contributed by atoms with Crippen LogP contribution >= 0.6 is 0 Å². The molecule has 2 amide bonds. The van der Waals surface area contributed by atoms with E-state index in [2.05, 4.69) is 6.07 Å². The van der Waals surface area contributed by atoms with E-state index in [-0.39, 0.29) is 23.6 Å². The SMILES string of the molecule is CC(=O)N1c2ccc(-c3cccc(N(C)C)c3)cc2N(C(=O)c2ccco2)C[C@@H]1C. The molecule has 154 valence electrons. The van der Waals surface area contributed by atoms with Crippen LogP contribution in [0.2, 0.25) is 0 Å². The summed E-state index contributed by atoms with van der Waals surface area (Å²) >= 11 is 0. The van der Waals surface area contributed by atoms with Gasteiger partial charge in [-0.2, -0.15) is 0 Å². The number of rotatable bonds is 3. The number of benzene rings is 2. The van der Waals surface area contributed by atoms with Gasteiger partial charge in [-0.05, 0) is 54.4 Å². The van der Waals surface area contributed by atoms with Gasteiger partial charge in [-0.3, -0.25) is 9.59 Å². The van der Waals surface area contributed by atoms with Crippen molar-refractivity contribution in [3.63, 3.8) is 0 Å². The third-order valence-corrected chi connectivity index (χ3v) is 5.43. The molecule has 1 atom stereocenters. The molecular formula is C24H25N3O3. The summed E-state index contributed by atoms with van der Waals surface area (Å²) in [4.78, 5) is 31.0.